The van der Waals surface area contributed by atoms with Gasteiger partial charge in [-0.05, 0) is 6.92 Å². The van der Waals surface area contributed by atoms with Crippen LogP contribution in [0.2, 0.25) is 0 Å². The van der Waals surface area contributed by atoms with Crippen LogP contribution in [0.1, 0.15) is 33.4 Å². The maximum Gasteiger partial charge on any atom is 0.352 e. The van der Waals surface area contributed by atoms with Gasteiger partial charge < -0.3 is 14.2 Å². The summed E-state index contributed by atoms with van der Waals surface area (Å²) in [4.78, 5) is 37.4. The van der Waals surface area contributed by atoms with Crippen molar-refractivity contribution in [3.8, 4) is 5.88 Å². The van der Waals surface area contributed by atoms with Crippen molar-refractivity contribution in [2.24, 2.45) is 0 Å². The first-order valence-corrected chi connectivity index (χ1v) is 6.47. The second-order valence-corrected chi connectivity index (χ2v) is 4.73. The van der Waals surface area contributed by atoms with Crippen LogP contribution in [0.5, 0.6) is 5.88 Å². The summed E-state index contributed by atoms with van der Waals surface area (Å²) in [5, 5.41) is 0. The van der Waals surface area contributed by atoms with Gasteiger partial charge in [-0.15, -0.1) is 0 Å². The Hall–Kier alpha value is -2.22. The minimum absolute atomic E-state index is 0.0636. The first-order valence-electron chi connectivity index (χ1n) is 6.47. The summed E-state index contributed by atoms with van der Waals surface area (Å²) in [5.74, 6) is -1.02. The SMILES string of the molecule is CC(=O)Oc1ccn([C@H]2C[C@H](OC(C)=O)[C@@H](C)O2)c(=O)n1. The molecule has 2 heterocycles. The molecular weight excluding hydrogens is 280 g/mol. The predicted molar refractivity (Wildman–Crippen MR) is 69.6 cm³/mol. The van der Waals surface area contributed by atoms with Crippen LogP contribution in [0.15, 0.2) is 17.1 Å². The summed E-state index contributed by atoms with van der Waals surface area (Å²) in [5.41, 5.74) is -0.602. The molecule has 0 amide bonds. The lowest BCUT2D eigenvalue weighted by molar-refractivity contribution is -0.148. The van der Waals surface area contributed by atoms with Gasteiger partial charge in [0.15, 0.2) is 0 Å². The third kappa shape index (κ3) is 3.66. The molecule has 8 heteroatoms. The van der Waals surface area contributed by atoms with Crippen LogP contribution in [-0.4, -0.2) is 33.7 Å². The van der Waals surface area contributed by atoms with Gasteiger partial charge in [-0.25, -0.2) is 4.79 Å². The first-order chi connectivity index (χ1) is 9.86. The third-order valence-electron chi connectivity index (χ3n) is 3.01. The molecule has 0 N–H and O–H groups in total. The summed E-state index contributed by atoms with van der Waals surface area (Å²) in [6.07, 6.45) is 0.485. The van der Waals surface area contributed by atoms with Gasteiger partial charge in [0.05, 0.1) is 6.10 Å². The van der Waals surface area contributed by atoms with Crippen LogP contribution in [0.3, 0.4) is 0 Å². The second kappa shape index (κ2) is 6.04. The molecule has 0 aromatic carbocycles. The Kier molecular flexibility index (Phi) is 4.37. The van der Waals surface area contributed by atoms with Crippen molar-refractivity contribution in [1.82, 2.24) is 9.55 Å². The van der Waals surface area contributed by atoms with Crippen molar-refractivity contribution in [3.05, 3.63) is 22.7 Å². The van der Waals surface area contributed by atoms with Crippen LogP contribution in [0.25, 0.3) is 0 Å². The number of carbonyl (C=O) groups is 2. The Labute approximate surface area is 120 Å². The van der Waals surface area contributed by atoms with Gasteiger partial charge in [-0.1, -0.05) is 0 Å². The van der Waals surface area contributed by atoms with E-state index in [0.29, 0.717) is 6.42 Å². The highest BCUT2D eigenvalue weighted by Crippen LogP contribution is 2.29. The average Bonchev–Trinajstić information content (AvgIpc) is 2.69. The largest absolute Gasteiger partial charge is 0.460 e. The van der Waals surface area contributed by atoms with Crippen molar-refractivity contribution in [2.45, 2.75) is 45.6 Å². The molecule has 1 saturated heterocycles. The molecular formula is C13H16N2O6. The molecule has 1 aromatic heterocycles. The highest BCUT2D eigenvalue weighted by molar-refractivity contribution is 5.68. The Bertz CT molecular complexity index is 611. The van der Waals surface area contributed by atoms with E-state index in [9.17, 15) is 14.4 Å². The molecule has 0 spiro atoms. The van der Waals surface area contributed by atoms with Crippen LogP contribution < -0.4 is 10.4 Å². The van der Waals surface area contributed by atoms with Crippen molar-refractivity contribution in [3.63, 3.8) is 0 Å². The van der Waals surface area contributed by atoms with Crippen molar-refractivity contribution in [1.29, 1.82) is 0 Å². The Morgan fingerprint density at radius 2 is 2.10 bits per heavy atom. The van der Waals surface area contributed by atoms with Crippen molar-refractivity contribution >= 4 is 11.9 Å². The van der Waals surface area contributed by atoms with Crippen LogP contribution >= 0.6 is 0 Å². The predicted octanol–water partition coefficient (Wildman–Crippen LogP) is 0.408. The average molecular weight is 296 g/mol. The quantitative estimate of drug-likeness (QED) is 0.745. The van der Waals surface area contributed by atoms with Gasteiger partial charge in [0.1, 0.15) is 12.3 Å². The topological polar surface area (TPSA) is 96.7 Å². The van der Waals surface area contributed by atoms with E-state index in [4.69, 9.17) is 14.2 Å². The summed E-state index contributed by atoms with van der Waals surface area (Å²) < 4.78 is 16.7. The monoisotopic (exact) mass is 296 g/mol. The molecule has 1 fully saturated rings. The fraction of sp³-hybridized carbons (Fsp3) is 0.538. The molecule has 1 aromatic rings. The summed E-state index contributed by atoms with van der Waals surface area (Å²) in [6, 6.07) is 1.40. The van der Waals surface area contributed by atoms with Gasteiger partial charge in [0, 0.05) is 32.5 Å². The van der Waals surface area contributed by atoms with E-state index in [0.717, 1.165) is 0 Å². The lowest BCUT2D eigenvalue weighted by Crippen LogP contribution is -2.27. The maximum atomic E-state index is 11.9. The normalized spacial score (nSPS) is 24.6. The number of rotatable bonds is 3. The summed E-state index contributed by atoms with van der Waals surface area (Å²) in [6.45, 7) is 4.31. The van der Waals surface area contributed by atoms with E-state index < -0.39 is 30.0 Å². The molecule has 21 heavy (non-hydrogen) atoms. The third-order valence-corrected chi connectivity index (χ3v) is 3.01. The van der Waals surface area contributed by atoms with E-state index in [1.807, 2.05) is 0 Å². The molecule has 3 atom stereocenters. The van der Waals surface area contributed by atoms with Gasteiger partial charge in [-0.3, -0.25) is 14.2 Å². The second-order valence-electron chi connectivity index (χ2n) is 4.73. The fourth-order valence-electron chi connectivity index (χ4n) is 2.14. The first kappa shape index (κ1) is 15.2. The highest BCUT2D eigenvalue weighted by Gasteiger charge is 2.36. The number of hydrogen-bond acceptors (Lipinski definition) is 7. The van der Waals surface area contributed by atoms with E-state index in [1.54, 1.807) is 6.92 Å². The smallest absolute Gasteiger partial charge is 0.352 e. The summed E-state index contributed by atoms with van der Waals surface area (Å²) in [7, 11) is 0. The highest BCUT2D eigenvalue weighted by atomic mass is 16.6. The van der Waals surface area contributed by atoms with Crippen LogP contribution in [0, 0.1) is 0 Å². The Morgan fingerprint density at radius 1 is 1.38 bits per heavy atom. The number of esters is 2. The van der Waals surface area contributed by atoms with Crippen molar-refractivity contribution < 1.29 is 23.8 Å². The molecule has 0 saturated carbocycles. The Balaban J connectivity index is 2.14. The van der Waals surface area contributed by atoms with Crippen molar-refractivity contribution in [2.75, 3.05) is 0 Å². The number of aromatic nitrogens is 2. The number of ether oxygens (including phenoxy) is 3. The maximum absolute atomic E-state index is 11.9. The van der Waals surface area contributed by atoms with E-state index >= 15 is 0 Å². The lowest BCUT2D eigenvalue weighted by atomic mass is 10.2. The number of nitrogens with zero attached hydrogens (tertiary/aromatic N) is 2. The van der Waals surface area contributed by atoms with Gasteiger partial charge >= 0.3 is 17.6 Å². The molecule has 0 unspecified atom stereocenters. The molecule has 0 radical (unpaired) electrons. The molecule has 1 aliphatic rings. The summed E-state index contributed by atoms with van der Waals surface area (Å²) >= 11 is 0. The van der Waals surface area contributed by atoms with E-state index in [1.165, 1.54) is 30.7 Å². The zero-order chi connectivity index (χ0) is 15.6. The molecule has 0 bridgehead atoms. The lowest BCUT2D eigenvalue weighted by Gasteiger charge is -2.13. The zero-order valence-electron chi connectivity index (χ0n) is 11.9. The standard InChI is InChI=1S/C13H16N2O6/c1-7-10(20-8(2)16)6-12(19-7)15-5-4-11(14-13(15)18)21-9(3)17/h4-5,7,10,12H,6H2,1-3H3/t7-,10+,12-/m1/s1. The molecule has 1 aliphatic heterocycles. The number of hydrogen-bond donors (Lipinski definition) is 0. The van der Waals surface area contributed by atoms with Gasteiger partial charge in [-0.2, -0.15) is 4.98 Å². The van der Waals surface area contributed by atoms with Gasteiger partial charge in [0.25, 0.3) is 0 Å². The Morgan fingerprint density at radius 3 is 2.67 bits per heavy atom. The van der Waals surface area contributed by atoms with Crippen LogP contribution in [-0.2, 0) is 19.1 Å². The zero-order valence-corrected chi connectivity index (χ0v) is 11.9. The molecule has 0 aliphatic carbocycles. The minimum Gasteiger partial charge on any atom is -0.460 e. The molecule has 114 valence electrons. The van der Waals surface area contributed by atoms with E-state index in [2.05, 4.69) is 4.98 Å². The van der Waals surface area contributed by atoms with Gasteiger partial charge in [0.2, 0.25) is 5.88 Å². The molecule has 2 rings (SSSR count). The minimum atomic E-state index is -0.602. The fourth-order valence-corrected chi connectivity index (χ4v) is 2.14. The number of carbonyl (C=O) groups excluding carboxylic acids is 2. The van der Waals surface area contributed by atoms with Crippen LogP contribution in [0.4, 0.5) is 0 Å². The van der Waals surface area contributed by atoms with E-state index in [-0.39, 0.29) is 12.0 Å². The molecule has 8 nitrogen and oxygen atoms in total.